The van der Waals surface area contributed by atoms with Crippen molar-refractivity contribution in [1.82, 2.24) is 4.98 Å². The fourth-order valence-corrected chi connectivity index (χ4v) is 1.34. The third-order valence-corrected chi connectivity index (χ3v) is 2.37. The normalized spacial score (nSPS) is 15.1. The van der Waals surface area contributed by atoms with Gasteiger partial charge in [0.2, 0.25) is 0 Å². The monoisotopic (exact) mass is 208 g/mol. The molecule has 4 heteroatoms. The molecule has 1 heterocycles. The molecule has 0 unspecified atom stereocenters. The van der Waals surface area contributed by atoms with E-state index in [9.17, 15) is 0 Å². The number of hydrogen-bond donors (Lipinski definition) is 1. The van der Waals surface area contributed by atoms with Crippen molar-refractivity contribution in [3.8, 4) is 5.75 Å². The van der Waals surface area contributed by atoms with Crippen molar-refractivity contribution in [2.75, 3.05) is 6.61 Å². The second kappa shape index (κ2) is 3.92. The summed E-state index contributed by atoms with van der Waals surface area (Å²) in [5, 5.41) is 0. The van der Waals surface area contributed by atoms with Gasteiger partial charge >= 0.3 is 0 Å². The smallest absolute Gasteiger partial charge is 0.147 e. The minimum Gasteiger partial charge on any atom is -0.491 e. The van der Waals surface area contributed by atoms with Crippen LogP contribution in [-0.4, -0.2) is 16.6 Å². The molecule has 0 bridgehead atoms. The summed E-state index contributed by atoms with van der Waals surface area (Å²) in [5.41, 5.74) is 6.11. The fraction of sp³-hybridized carbons (Fsp3) is 0.400. The van der Waals surface area contributed by atoms with Crippen molar-refractivity contribution in [1.29, 1.82) is 0 Å². The lowest BCUT2D eigenvalue weighted by molar-refractivity contribution is 0.298. The largest absolute Gasteiger partial charge is 0.491 e. The zero-order valence-electron chi connectivity index (χ0n) is 7.77. The van der Waals surface area contributed by atoms with Gasteiger partial charge in [0, 0.05) is 6.20 Å². The van der Waals surface area contributed by atoms with Crippen LogP contribution in [0.25, 0.3) is 0 Å². The van der Waals surface area contributed by atoms with Gasteiger partial charge in [-0.15, -0.1) is 0 Å². The van der Waals surface area contributed by atoms with E-state index in [-0.39, 0.29) is 4.99 Å². The van der Waals surface area contributed by atoms with Crippen LogP contribution in [0.2, 0.25) is 0 Å². The topological polar surface area (TPSA) is 48.1 Å². The number of nitrogens with zero attached hydrogens (tertiary/aromatic N) is 1. The van der Waals surface area contributed by atoms with Gasteiger partial charge in [-0.2, -0.15) is 0 Å². The van der Waals surface area contributed by atoms with E-state index in [0.29, 0.717) is 11.4 Å². The molecule has 0 aliphatic heterocycles. The van der Waals surface area contributed by atoms with Crippen molar-refractivity contribution >= 4 is 17.2 Å². The van der Waals surface area contributed by atoms with E-state index in [2.05, 4.69) is 4.98 Å². The lowest BCUT2D eigenvalue weighted by Gasteiger charge is -2.08. The van der Waals surface area contributed by atoms with Crippen molar-refractivity contribution in [3.63, 3.8) is 0 Å². The van der Waals surface area contributed by atoms with Gasteiger partial charge in [-0.3, -0.25) is 0 Å². The predicted octanol–water partition coefficient (Wildman–Crippen LogP) is 1.50. The molecule has 1 aromatic heterocycles. The number of pyridine rings is 1. The number of nitrogens with two attached hydrogens (primary N) is 1. The molecule has 0 spiro atoms. The number of rotatable bonds is 4. The van der Waals surface area contributed by atoms with Crippen LogP contribution >= 0.6 is 12.2 Å². The van der Waals surface area contributed by atoms with Gasteiger partial charge in [-0.1, -0.05) is 12.2 Å². The zero-order valence-corrected chi connectivity index (χ0v) is 8.59. The van der Waals surface area contributed by atoms with Crippen LogP contribution in [0.15, 0.2) is 18.3 Å². The molecule has 0 amide bonds. The van der Waals surface area contributed by atoms with E-state index < -0.39 is 0 Å². The SMILES string of the molecule is NC(=S)c1ncccc1OCC1CC1. The van der Waals surface area contributed by atoms with Crippen LogP contribution in [-0.2, 0) is 0 Å². The van der Waals surface area contributed by atoms with Gasteiger partial charge in [-0.25, -0.2) is 4.98 Å². The van der Waals surface area contributed by atoms with Crippen LogP contribution < -0.4 is 10.5 Å². The van der Waals surface area contributed by atoms with Gasteiger partial charge in [0.15, 0.2) is 0 Å². The van der Waals surface area contributed by atoms with Gasteiger partial charge in [0.1, 0.15) is 16.4 Å². The Labute approximate surface area is 88.3 Å². The summed E-state index contributed by atoms with van der Waals surface area (Å²) < 4.78 is 5.59. The molecular weight excluding hydrogens is 196 g/mol. The molecule has 14 heavy (non-hydrogen) atoms. The maximum absolute atomic E-state index is 5.59. The Morgan fingerprint density at radius 1 is 1.64 bits per heavy atom. The van der Waals surface area contributed by atoms with Gasteiger partial charge in [0.05, 0.1) is 6.61 Å². The zero-order chi connectivity index (χ0) is 9.97. The van der Waals surface area contributed by atoms with Crippen molar-refractivity contribution < 1.29 is 4.74 Å². The van der Waals surface area contributed by atoms with E-state index in [1.54, 1.807) is 6.20 Å². The van der Waals surface area contributed by atoms with E-state index in [1.165, 1.54) is 12.8 Å². The molecule has 3 nitrogen and oxygen atoms in total. The minimum absolute atomic E-state index is 0.288. The van der Waals surface area contributed by atoms with E-state index in [0.717, 1.165) is 12.5 Å². The lowest BCUT2D eigenvalue weighted by atomic mass is 10.3. The maximum atomic E-state index is 5.59. The molecule has 2 N–H and O–H groups in total. The summed E-state index contributed by atoms with van der Waals surface area (Å²) >= 11 is 4.88. The molecule has 1 saturated carbocycles. The first kappa shape index (κ1) is 9.40. The first-order valence-electron chi connectivity index (χ1n) is 4.65. The Kier molecular flexibility index (Phi) is 2.63. The van der Waals surface area contributed by atoms with E-state index >= 15 is 0 Å². The summed E-state index contributed by atoms with van der Waals surface area (Å²) in [4.78, 5) is 4.37. The molecule has 74 valence electrons. The second-order valence-electron chi connectivity index (χ2n) is 3.47. The molecular formula is C10H12N2OS. The Morgan fingerprint density at radius 3 is 3.07 bits per heavy atom. The number of thiocarbonyl (C=S) groups is 1. The lowest BCUT2D eigenvalue weighted by Crippen LogP contribution is -2.14. The molecule has 0 aromatic carbocycles. The molecule has 2 rings (SSSR count). The van der Waals surface area contributed by atoms with Crippen molar-refractivity contribution in [2.24, 2.45) is 11.7 Å². The Balaban J connectivity index is 2.09. The van der Waals surface area contributed by atoms with Crippen molar-refractivity contribution in [2.45, 2.75) is 12.8 Å². The number of aromatic nitrogens is 1. The molecule has 1 aliphatic carbocycles. The van der Waals surface area contributed by atoms with Crippen LogP contribution in [0.1, 0.15) is 18.5 Å². The van der Waals surface area contributed by atoms with E-state index in [1.807, 2.05) is 12.1 Å². The Bertz CT molecular complexity index is 350. The van der Waals surface area contributed by atoms with Crippen LogP contribution in [0.3, 0.4) is 0 Å². The third-order valence-electron chi connectivity index (χ3n) is 2.18. The highest BCUT2D eigenvalue weighted by atomic mass is 32.1. The number of ether oxygens (including phenoxy) is 1. The fourth-order valence-electron chi connectivity index (χ4n) is 1.18. The first-order chi connectivity index (χ1) is 6.77. The maximum Gasteiger partial charge on any atom is 0.147 e. The number of hydrogen-bond acceptors (Lipinski definition) is 3. The summed E-state index contributed by atoms with van der Waals surface area (Å²) in [7, 11) is 0. The van der Waals surface area contributed by atoms with Gasteiger partial charge < -0.3 is 10.5 Å². The molecule has 0 atom stereocenters. The molecule has 0 radical (unpaired) electrons. The quantitative estimate of drug-likeness (QED) is 0.762. The highest BCUT2D eigenvalue weighted by Gasteiger charge is 2.22. The van der Waals surface area contributed by atoms with Crippen LogP contribution in [0.4, 0.5) is 0 Å². The summed E-state index contributed by atoms with van der Waals surface area (Å²) in [6.45, 7) is 0.751. The second-order valence-corrected chi connectivity index (χ2v) is 3.91. The Morgan fingerprint density at radius 2 is 2.43 bits per heavy atom. The highest BCUT2D eigenvalue weighted by Crippen LogP contribution is 2.29. The molecule has 0 saturated heterocycles. The molecule has 1 aliphatic rings. The van der Waals surface area contributed by atoms with Crippen LogP contribution in [0.5, 0.6) is 5.75 Å². The standard InChI is InChI=1S/C10H12N2OS/c11-10(14)9-8(2-1-5-12-9)13-6-7-3-4-7/h1-2,5,7H,3-4,6H2,(H2,11,14). The average molecular weight is 208 g/mol. The molecule has 1 fully saturated rings. The summed E-state index contributed by atoms with van der Waals surface area (Å²) in [6.07, 6.45) is 4.20. The highest BCUT2D eigenvalue weighted by molar-refractivity contribution is 7.80. The summed E-state index contributed by atoms with van der Waals surface area (Å²) in [5.74, 6) is 1.42. The molecule has 1 aromatic rings. The summed E-state index contributed by atoms with van der Waals surface area (Å²) in [6, 6.07) is 3.67. The van der Waals surface area contributed by atoms with Gasteiger partial charge in [0.25, 0.3) is 0 Å². The Hall–Kier alpha value is -1.16. The third kappa shape index (κ3) is 2.20. The predicted molar refractivity (Wildman–Crippen MR) is 58.3 cm³/mol. The first-order valence-corrected chi connectivity index (χ1v) is 5.06. The average Bonchev–Trinajstić information content (AvgIpc) is 2.98. The minimum atomic E-state index is 0.288. The van der Waals surface area contributed by atoms with Crippen LogP contribution in [0, 0.1) is 5.92 Å². The van der Waals surface area contributed by atoms with Crippen molar-refractivity contribution in [3.05, 3.63) is 24.0 Å². The van der Waals surface area contributed by atoms with E-state index in [4.69, 9.17) is 22.7 Å². The van der Waals surface area contributed by atoms with Gasteiger partial charge in [-0.05, 0) is 30.9 Å².